The van der Waals surface area contributed by atoms with Crippen LogP contribution in [-0.4, -0.2) is 33.2 Å². The van der Waals surface area contributed by atoms with Crippen molar-refractivity contribution >= 4 is 5.91 Å². The minimum absolute atomic E-state index is 0.0165. The van der Waals surface area contributed by atoms with E-state index >= 15 is 0 Å². The third-order valence-corrected chi connectivity index (χ3v) is 4.68. The molecule has 2 heterocycles. The average Bonchev–Trinajstić information content (AvgIpc) is 2.49. The van der Waals surface area contributed by atoms with Crippen LogP contribution in [0, 0.1) is 5.92 Å². The topological polar surface area (TPSA) is 55.2 Å². The molecule has 2 atom stereocenters. The molecule has 2 aliphatic rings. The van der Waals surface area contributed by atoms with Gasteiger partial charge >= 0.3 is 0 Å². The van der Waals surface area contributed by atoms with E-state index in [9.17, 15) is 9.59 Å². The first-order valence-electron chi connectivity index (χ1n) is 7.52. The Morgan fingerprint density at radius 3 is 2.75 bits per heavy atom. The minimum atomic E-state index is -0.185. The summed E-state index contributed by atoms with van der Waals surface area (Å²) in [5.41, 5.74) is 0.203. The molecule has 1 aromatic rings. The average molecular weight is 275 g/mol. The molecular formula is C15H21N3O2. The predicted molar refractivity (Wildman–Crippen MR) is 75.5 cm³/mol. The number of piperidine rings is 1. The van der Waals surface area contributed by atoms with E-state index in [4.69, 9.17) is 0 Å². The van der Waals surface area contributed by atoms with E-state index < -0.39 is 0 Å². The first kappa shape index (κ1) is 13.3. The van der Waals surface area contributed by atoms with Crippen LogP contribution in [-0.2, 0) is 7.05 Å². The van der Waals surface area contributed by atoms with Gasteiger partial charge in [-0.2, -0.15) is 5.10 Å². The lowest BCUT2D eigenvalue weighted by Gasteiger charge is -2.44. The number of rotatable bonds is 1. The molecule has 20 heavy (non-hydrogen) atoms. The fourth-order valence-corrected chi connectivity index (χ4v) is 3.64. The number of aryl methyl sites for hydroxylation is 1. The summed E-state index contributed by atoms with van der Waals surface area (Å²) in [5, 5.41) is 4.10. The zero-order chi connectivity index (χ0) is 14.1. The summed E-state index contributed by atoms with van der Waals surface area (Å²) in [6, 6.07) is 3.35. The Morgan fingerprint density at radius 1 is 1.20 bits per heavy atom. The highest BCUT2D eigenvalue weighted by molar-refractivity contribution is 5.92. The smallest absolute Gasteiger partial charge is 0.274 e. The summed E-state index contributed by atoms with van der Waals surface area (Å²) in [5.74, 6) is 0.645. The molecule has 1 aromatic heterocycles. The number of fused-ring (bicyclic) bond motifs is 1. The molecule has 2 fully saturated rings. The molecule has 0 N–H and O–H groups in total. The van der Waals surface area contributed by atoms with Gasteiger partial charge in [-0.15, -0.1) is 0 Å². The van der Waals surface area contributed by atoms with Gasteiger partial charge in [0.15, 0.2) is 0 Å². The molecule has 5 nitrogen and oxygen atoms in total. The third kappa shape index (κ3) is 2.37. The van der Waals surface area contributed by atoms with E-state index in [2.05, 4.69) is 5.10 Å². The van der Waals surface area contributed by atoms with Crippen molar-refractivity contribution in [1.29, 1.82) is 0 Å². The van der Waals surface area contributed by atoms with Gasteiger partial charge in [0, 0.05) is 25.7 Å². The van der Waals surface area contributed by atoms with Gasteiger partial charge in [-0.1, -0.05) is 12.8 Å². The Hall–Kier alpha value is -1.65. The van der Waals surface area contributed by atoms with E-state index in [-0.39, 0.29) is 11.5 Å². The number of nitrogens with zero attached hydrogens (tertiary/aromatic N) is 3. The van der Waals surface area contributed by atoms with Crippen LogP contribution in [0.25, 0.3) is 0 Å². The van der Waals surface area contributed by atoms with Crippen LogP contribution in [0.3, 0.4) is 0 Å². The molecule has 0 bridgehead atoms. The third-order valence-electron chi connectivity index (χ3n) is 4.68. The summed E-state index contributed by atoms with van der Waals surface area (Å²) in [6.45, 7) is 0.824. The van der Waals surface area contributed by atoms with Crippen molar-refractivity contribution in [2.75, 3.05) is 6.54 Å². The van der Waals surface area contributed by atoms with Crippen molar-refractivity contribution in [2.45, 2.75) is 44.6 Å². The summed E-state index contributed by atoms with van der Waals surface area (Å²) in [7, 11) is 1.58. The van der Waals surface area contributed by atoms with Gasteiger partial charge in [-0.3, -0.25) is 9.59 Å². The first-order chi connectivity index (χ1) is 9.66. The second-order valence-corrected chi connectivity index (χ2v) is 5.93. The summed E-state index contributed by atoms with van der Waals surface area (Å²) in [6.07, 6.45) is 7.19. The number of aromatic nitrogens is 2. The van der Waals surface area contributed by atoms with Crippen LogP contribution in [0.15, 0.2) is 16.9 Å². The highest BCUT2D eigenvalue weighted by atomic mass is 16.2. The largest absolute Gasteiger partial charge is 0.334 e. The number of amides is 1. The van der Waals surface area contributed by atoms with E-state index in [1.54, 1.807) is 13.1 Å². The van der Waals surface area contributed by atoms with E-state index in [1.165, 1.54) is 36.4 Å². The van der Waals surface area contributed by atoms with Crippen LogP contribution in [0.5, 0.6) is 0 Å². The molecule has 2 unspecified atom stereocenters. The van der Waals surface area contributed by atoms with Gasteiger partial charge in [0.25, 0.3) is 11.5 Å². The molecule has 1 saturated carbocycles. The molecule has 1 saturated heterocycles. The SMILES string of the molecule is Cn1nc(C(=O)N2CCCC3CCCCC32)ccc1=O. The van der Waals surface area contributed by atoms with Crippen molar-refractivity contribution < 1.29 is 4.79 Å². The summed E-state index contributed by atoms with van der Waals surface area (Å²) >= 11 is 0. The molecule has 108 valence electrons. The normalized spacial score (nSPS) is 26.1. The Labute approximate surface area is 118 Å². The highest BCUT2D eigenvalue weighted by Crippen LogP contribution is 2.35. The van der Waals surface area contributed by atoms with Crippen molar-refractivity contribution in [2.24, 2.45) is 13.0 Å². The Kier molecular flexibility index (Phi) is 3.59. The molecule has 1 aliphatic heterocycles. The van der Waals surface area contributed by atoms with E-state index in [1.807, 2.05) is 4.90 Å². The number of likely N-dealkylation sites (tertiary alicyclic amines) is 1. The summed E-state index contributed by atoms with van der Waals surface area (Å²) in [4.78, 5) is 26.0. The zero-order valence-electron chi connectivity index (χ0n) is 11.9. The Morgan fingerprint density at radius 2 is 1.95 bits per heavy atom. The fourth-order valence-electron chi connectivity index (χ4n) is 3.64. The second-order valence-electron chi connectivity index (χ2n) is 5.93. The molecule has 3 rings (SSSR count). The molecule has 0 aromatic carbocycles. The number of hydrogen-bond acceptors (Lipinski definition) is 3. The van der Waals surface area contributed by atoms with Crippen molar-refractivity contribution in [1.82, 2.24) is 14.7 Å². The molecule has 1 aliphatic carbocycles. The monoisotopic (exact) mass is 275 g/mol. The lowest BCUT2D eigenvalue weighted by Crippen LogP contribution is -2.50. The van der Waals surface area contributed by atoms with E-state index in [0.717, 1.165) is 19.4 Å². The number of carbonyl (C=O) groups excluding carboxylic acids is 1. The van der Waals surface area contributed by atoms with Gasteiger partial charge in [-0.05, 0) is 37.7 Å². The standard InChI is InChI=1S/C15H21N3O2/c1-17-14(19)9-8-12(16-17)15(20)18-10-4-6-11-5-2-3-7-13(11)18/h8-9,11,13H,2-7,10H2,1H3. The molecule has 0 radical (unpaired) electrons. The van der Waals surface area contributed by atoms with Crippen LogP contribution < -0.4 is 5.56 Å². The van der Waals surface area contributed by atoms with Gasteiger partial charge in [0.2, 0.25) is 0 Å². The van der Waals surface area contributed by atoms with Gasteiger partial charge in [-0.25, -0.2) is 4.68 Å². The number of carbonyl (C=O) groups is 1. The van der Waals surface area contributed by atoms with Crippen LogP contribution in [0.4, 0.5) is 0 Å². The van der Waals surface area contributed by atoms with Crippen LogP contribution in [0.1, 0.15) is 49.0 Å². The van der Waals surface area contributed by atoms with Crippen molar-refractivity contribution in [3.63, 3.8) is 0 Å². The lowest BCUT2D eigenvalue weighted by atomic mass is 9.78. The molecule has 5 heteroatoms. The quantitative estimate of drug-likeness (QED) is 0.782. The lowest BCUT2D eigenvalue weighted by molar-refractivity contribution is 0.0383. The summed E-state index contributed by atoms with van der Waals surface area (Å²) < 4.78 is 1.23. The molecule has 1 amide bonds. The predicted octanol–water partition coefficient (Wildman–Crippen LogP) is 1.58. The Balaban J connectivity index is 1.84. The minimum Gasteiger partial charge on any atom is -0.334 e. The van der Waals surface area contributed by atoms with Gasteiger partial charge in [0.1, 0.15) is 5.69 Å². The fraction of sp³-hybridized carbons (Fsp3) is 0.667. The zero-order valence-corrected chi connectivity index (χ0v) is 11.9. The molecule has 0 spiro atoms. The van der Waals surface area contributed by atoms with Crippen molar-refractivity contribution in [3.05, 3.63) is 28.2 Å². The van der Waals surface area contributed by atoms with Crippen LogP contribution >= 0.6 is 0 Å². The van der Waals surface area contributed by atoms with Gasteiger partial charge < -0.3 is 4.90 Å². The van der Waals surface area contributed by atoms with E-state index in [0.29, 0.717) is 17.7 Å². The maximum Gasteiger partial charge on any atom is 0.274 e. The maximum atomic E-state index is 12.7. The van der Waals surface area contributed by atoms with Crippen LogP contribution in [0.2, 0.25) is 0 Å². The maximum absolute atomic E-state index is 12.7. The number of hydrogen-bond donors (Lipinski definition) is 0. The highest BCUT2D eigenvalue weighted by Gasteiger charge is 2.36. The molecular weight excluding hydrogens is 254 g/mol. The second kappa shape index (κ2) is 5.38. The van der Waals surface area contributed by atoms with Gasteiger partial charge in [0.05, 0.1) is 0 Å². The Bertz CT molecular complexity index is 564. The first-order valence-corrected chi connectivity index (χ1v) is 7.52. The van der Waals surface area contributed by atoms with Crippen molar-refractivity contribution in [3.8, 4) is 0 Å².